The number of hydrogen-bond acceptors (Lipinski definition) is 7. The molecule has 0 aliphatic heterocycles. The van der Waals surface area contributed by atoms with Crippen LogP contribution in [0.1, 0.15) is 9.67 Å². The summed E-state index contributed by atoms with van der Waals surface area (Å²) in [5.41, 5.74) is 1.16. The van der Waals surface area contributed by atoms with Gasteiger partial charge in [0, 0.05) is 12.3 Å². The molecule has 0 aliphatic rings. The van der Waals surface area contributed by atoms with E-state index in [0.29, 0.717) is 16.0 Å². The van der Waals surface area contributed by atoms with Crippen LogP contribution in [0.4, 0.5) is 0 Å². The van der Waals surface area contributed by atoms with Crippen molar-refractivity contribution in [3.8, 4) is 10.8 Å². The molecule has 1 N–H and O–H groups in total. The van der Waals surface area contributed by atoms with Crippen LogP contribution in [0, 0.1) is 0 Å². The number of rotatable bonds is 3. The molecule has 0 aliphatic carbocycles. The number of hydrogen-bond donors (Lipinski definition) is 1. The van der Waals surface area contributed by atoms with Crippen LogP contribution in [-0.4, -0.2) is 42.4 Å². The summed E-state index contributed by atoms with van der Waals surface area (Å²) in [5, 5.41) is 10.4. The molecule has 120 valence electrons. The number of esters is 1. The first-order valence-corrected chi connectivity index (χ1v) is 9.10. The van der Waals surface area contributed by atoms with E-state index in [2.05, 4.69) is 9.72 Å². The summed E-state index contributed by atoms with van der Waals surface area (Å²) < 4.78 is 29.5. The number of carbonyl (C=O) groups excluding carboxylic acids is 1. The van der Waals surface area contributed by atoms with Gasteiger partial charge in [0.05, 0.1) is 23.0 Å². The van der Waals surface area contributed by atoms with Crippen LogP contribution >= 0.6 is 11.3 Å². The first kappa shape index (κ1) is 15.5. The minimum Gasteiger partial charge on any atom is -0.506 e. The van der Waals surface area contributed by atoms with E-state index in [1.54, 1.807) is 10.6 Å². The summed E-state index contributed by atoms with van der Waals surface area (Å²) in [5.74, 6) is -0.797. The molecule has 23 heavy (non-hydrogen) atoms. The van der Waals surface area contributed by atoms with E-state index in [1.807, 2.05) is 0 Å². The number of aromatic nitrogens is 2. The van der Waals surface area contributed by atoms with Gasteiger partial charge in [-0.2, -0.15) is 0 Å². The number of ether oxygens (including phenoxy) is 1. The van der Waals surface area contributed by atoms with Crippen LogP contribution in [0.15, 0.2) is 35.5 Å². The van der Waals surface area contributed by atoms with E-state index in [9.17, 15) is 18.3 Å². The van der Waals surface area contributed by atoms with Gasteiger partial charge in [-0.3, -0.25) is 4.57 Å². The zero-order valence-corrected chi connectivity index (χ0v) is 13.8. The number of methoxy groups -OCH3 is 1. The Morgan fingerprint density at radius 2 is 2.09 bits per heavy atom. The largest absolute Gasteiger partial charge is 0.506 e. The maximum atomic E-state index is 11.6. The molecule has 2 heterocycles. The van der Waals surface area contributed by atoms with Crippen LogP contribution in [0.25, 0.3) is 16.0 Å². The number of benzene rings is 1. The minimum atomic E-state index is -3.31. The Morgan fingerprint density at radius 1 is 1.35 bits per heavy atom. The average Bonchev–Trinajstić information content (AvgIpc) is 3.08. The quantitative estimate of drug-likeness (QED) is 0.724. The Hall–Kier alpha value is -2.39. The first-order chi connectivity index (χ1) is 10.8. The molecule has 0 bridgehead atoms. The molecule has 3 rings (SSSR count). The molecular weight excluding hydrogens is 340 g/mol. The van der Waals surface area contributed by atoms with Gasteiger partial charge in [0.1, 0.15) is 17.1 Å². The smallest absolute Gasteiger partial charge is 0.351 e. The van der Waals surface area contributed by atoms with Crippen LogP contribution in [0.3, 0.4) is 0 Å². The summed E-state index contributed by atoms with van der Waals surface area (Å²) in [6, 6.07) is 6.04. The highest BCUT2D eigenvalue weighted by atomic mass is 32.2. The number of sulfone groups is 1. The molecule has 2 aromatic heterocycles. The molecule has 0 atom stereocenters. The van der Waals surface area contributed by atoms with Gasteiger partial charge in [-0.25, -0.2) is 18.2 Å². The number of aromatic hydroxyl groups is 1. The summed E-state index contributed by atoms with van der Waals surface area (Å²) in [6.45, 7) is 0. The third-order valence-corrected chi connectivity index (χ3v) is 5.47. The van der Waals surface area contributed by atoms with E-state index in [4.69, 9.17) is 0 Å². The Balaban J connectivity index is 2.13. The lowest BCUT2D eigenvalue weighted by atomic mass is 10.3. The Labute approximate surface area is 135 Å². The lowest BCUT2D eigenvalue weighted by Crippen LogP contribution is -1.97. The zero-order valence-electron chi connectivity index (χ0n) is 12.2. The Kier molecular flexibility index (Phi) is 3.61. The highest BCUT2D eigenvalue weighted by molar-refractivity contribution is 7.90. The van der Waals surface area contributed by atoms with E-state index >= 15 is 0 Å². The van der Waals surface area contributed by atoms with Gasteiger partial charge in [-0.05, 0) is 18.2 Å². The lowest BCUT2D eigenvalue weighted by Gasteiger charge is -2.01. The van der Waals surface area contributed by atoms with Crippen molar-refractivity contribution in [2.45, 2.75) is 4.90 Å². The summed E-state index contributed by atoms with van der Waals surface area (Å²) in [6.07, 6.45) is 2.63. The summed E-state index contributed by atoms with van der Waals surface area (Å²) >= 11 is 1.05. The molecule has 0 saturated carbocycles. The fourth-order valence-electron chi connectivity index (χ4n) is 2.13. The average molecular weight is 352 g/mol. The van der Waals surface area contributed by atoms with Crippen molar-refractivity contribution >= 4 is 38.2 Å². The van der Waals surface area contributed by atoms with Crippen LogP contribution < -0.4 is 0 Å². The maximum absolute atomic E-state index is 11.6. The second kappa shape index (κ2) is 5.36. The molecule has 9 heteroatoms. The molecule has 0 unspecified atom stereocenters. The number of fused-ring (bicyclic) bond motifs is 1. The third-order valence-electron chi connectivity index (χ3n) is 3.25. The fraction of sp³-hybridized carbons (Fsp3) is 0.143. The normalized spacial score (nSPS) is 11.7. The van der Waals surface area contributed by atoms with E-state index < -0.39 is 15.8 Å². The monoisotopic (exact) mass is 352 g/mol. The van der Waals surface area contributed by atoms with Gasteiger partial charge in [-0.1, -0.05) is 0 Å². The molecule has 0 spiro atoms. The minimum absolute atomic E-state index is 0.0945. The fourth-order valence-corrected chi connectivity index (χ4v) is 3.72. The van der Waals surface area contributed by atoms with Gasteiger partial charge < -0.3 is 9.84 Å². The van der Waals surface area contributed by atoms with Gasteiger partial charge in [0.15, 0.2) is 14.7 Å². The number of carbonyl (C=O) groups is 1. The van der Waals surface area contributed by atoms with Gasteiger partial charge >= 0.3 is 5.97 Å². The van der Waals surface area contributed by atoms with Crippen molar-refractivity contribution in [1.82, 2.24) is 9.55 Å². The third kappa shape index (κ3) is 2.68. The highest BCUT2D eigenvalue weighted by Gasteiger charge is 2.19. The molecule has 1 aromatic carbocycles. The second-order valence-electron chi connectivity index (χ2n) is 4.83. The maximum Gasteiger partial charge on any atom is 0.351 e. The standard InChI is InChI=1S/C14H12N2O5S2/c1-21-14(18)13-11(17)6-12(22-13)16-7-15-9-5-8(23(2,19)20)3-4-10(9)16/h3-7,17H,1-2H3. The van der Waals surface area contributed by atoms with Gasteiger partial charge in [-0.15, -0.1) is 11.3 Å². The Morgan fingerprint density at radius 3 is 2.74 bits per heavy atom. The number of imidazole rings is 1. The van der Waals surface area contributed by atoms with E-state index in [1.165, 1.54) is 31.6 Å². The molecule has 0 amide bonds. The summed E-state index contributed by atoms with van der Waals surface area (Å²) in [7, 11) is -2.08. The zero-order chi connectivity index (χ0) is 16.8. The van der Waals surface area contributed by atoms with Crippen LogP contribution in [-0.2, 0) is 14.6 Å². The van der Waals surface area contributed by atoms with Crippen molar-refractivity contribution in [1.29, 1.82) is 0 Å². The van der Waals surface area contributed by atoms with E-state index in [0.717, 1.165) is 17.6 Å². The molecule has 0 radical (unpaired) electrons. The molecule has 7 nitrogen and oxygen atoms in total. The van der Waals surface area contributed by atoms with Crippen molar-refractivity contribution in [2.75, 3.05) is 13.4 Å². The van der Waals surface area contributed by atoms with Crippen LogP contribution in [0.5, 0.6) is 5.75 Å². The molecule has 3 aromatic rings. The van der Waals surface area contributed by atoms with Crippen molar-refractivity contribution in [3.63, 3.8) is 0 Å². The van der Waals surface area contributed by atoms with Crippen molar-refractivity contribution < 1.29 is 23.1 Å². The molecular formula is C14H12N2O5S2. The number of thiophene rings is 1. The van der Waals surface area contributed by atoms with Crippen LogP contribution in [0.2, 0.25) is 0 Å². The van der Waals surface area contributed by atoms with Crippen molar-refractivity contribution in [2.24, 2.45) is 0 Å². The topological polar surface area (TPSA) is 98.5 Å². The molecule has 0 saturated heterocycles. The van der Waals surface area contributed by atoms with E-state index in [-0.39, 0.29) is 15.5 Å². The highest BCUT2D eigenvalue weighted by Crippen LogP contribution is 2.33. The van der Waals surface area contributed by atoms with Crippen molar-refractivity contribution in [3.05, 3.63) is 35.5 Å². The molecule has 0 fully saturated rings. The lowest BCUT2D eigenvalue weighted by molar-refractivity contribution is 0.0603. The summed E-state index contributed by atoms with van der Waals surface area (Å²) in [4.78, 5) is 16.0. The Bertz CT molecular complexity index is 1020. The SMILES string of the molecule is COC(=O)c1sc(-n2cnc3cc(S(C)(=O)=O)ccc32)cc1O. The number of nitrogens with zero attached hydrogens (tertiary/aromatic N) is 2. The second-order valence-corrected chi connectivity index (χ2v) is 7.87. The first-order valence-electron chi connectivity index (χ1n) is 6.40. The van der Waals surface area contributed by atoms with Gasteiger partial charge in [0.2, 0.25) is 0 Å². The van der Waals surface area contributed by atoms with Gasteiger partial charge in [0.25, 0.3) is 0 Å². The predicted octanol–water partition coefficient (Wildman–Crippen LogP) is 1.98. The predicted molar refractivity (Wildman–Crippen MR) is 85.1 cm³/mol.